The first-order valence-corrected chi connectivity index (χ1v) is 14.5. The average Bonchev–Trinajstić information content (AvgIpc) is 3.60. The number of carbonyl (C=O) groups is 2. The molecule has 1 aliphatic heterocycles. The first-order chi connectivity index (χ1) is 19.4. The summed E-state index contributed by atoms with van der Waals surface area (Å²) in [5.74, 6) is 0.702. The number of fused-ring (bicyclic) bond motifs is 1. The van der Waals surface area contributed by atoms with Crippen molar-refractivity contribution in [2.24, 2.45) is 5.73 Å². The van der Waals surface area contributed by atoms with Crippen LogP contribution in [0.2, 0.25) is 0 Å². The quantitative estimate of drug-likeness (QED) is 0.283. The van der Waals surface area contributed by atoms with Crippen molar-refractivity contribution < 1.29 is 14.0 Å². The van der Waals surface area contributed by atoms with E-state index in [-0.39, 0.29) is 28.8 Å². The SMILES string of the molecule is Cc1ccc(C2C(C#N)=C(N)N(c3nnc(SCC(=O)Nc4ccc5ccccc5c4)s3)C3=C2C(=O)CCC3)o1. The van der Waals surface area contributed by atoms with Gasteiger partial charge in [0.1, 0.15) is 17.3 Å². The average molecular weight is 569 g/mol. The molecule has 0 radical (unpaired) electrons. The van der Waals surface area contributed by atoms with Gasteiger partial charge in [-0.2, -0.15) is 5.26 Å². The Kier molecular flexibility index (Phi) is 6.88. The highest BCUT2D eigenvalue weighted by molar-refractivity contribution is 8.01. The van der Waals surface area contributed by atoms with Gasteiger partial charge < -0.3 is 15.5 Å². The monoisotopic (exact) mass is 568 g/mol. The van der Waals surface area contributed by atoms with Gasteiger partial charge in [-0.05, 0) is 54.8 Å². The number of anilines is 2. The van der Waals surface area contributed by atoms with Crippen LogP contribution in [0.15, 0.2) is 86.0 Å². The number of nitrogens with one attached hydrogen (secondary N) is 1. The molecule has 4 aromatic rings. The van der Waals surface area contributed by atoms with Crippen LogP contribution in [0, 0.1) is 18.3 Å². The van der Waals surface area contributed by atoms with Crippen LogP contribution in [0.5, 0.6) is 0 Å². The van der Waals surface area contributed by atoms with Crippen LogP contribution in [0.3, 0.4) is 0 Å². The molecular formula is C29H24N6O3S2. The van der Waals surface area contributed by atoms with E-state index >= 15 is 0 Å². The highest BCUT2D eigenvalue weighted by Crippen LogP contribution is 2.47. The molecule has 1 atom stereocenters. The van der Waals surface area contributed by atoms with Crippen molar-refractivity contribution >= 4 is 56.4 Å². The molecule has 3 heterocycles. The predicted octanol–water partition coefficient (Wildman–Crippen LogP) is 5.63. The lowest BCUT2D eigenvalue weighted by Crippen LogP contribution is -2.38. The standard InChI is InChI=1S/C29H24N6O3S2/c1-16-9-12-23(38-16)25-20(14-30)27(31)35(21-7-4-8-22(36)26(21)25)28-33-34-29(40-28)39-15-24(37)32-19-11-10-17-5-2-3-6-18(17)13-19/h2-3,5-6,9-13,25H,4,7-8,15,31H2,1H3,(H,32,37). The van der Waals surface area contributed by atoms with Gasteiger partial charge in [-0.1, -0.05) is 53.4 Å². The molecule has 1 amide bonds. The first-order valence-electron chi connectivity index (χ1n) is 12.7. The second kappa shape index (κ2) is 10.6. The zero-order chi connectivity index (χ0) is 27.8. The third-order valence-corrected chi connectivity index (χ3v) is 8.95. The molecule has 0 bridgehead atoms. The third kappa shape index (κ3) is 4.76. The fraction of sp³-hybridized carbons (Fsp3) is 0.207. The summed E-state index contributed by atoms with van der Waals surface area (Å²) < 4.78 is 6.42. The lowest BCUT2D eigenvalue weighted by molar-refractivity contribution is -0.116. The minimum absolute atomic E-state index is 0.0324. The number of rotatable bonds is 6. The lowest BCUT2D eigenvalue weighted by Gasteiger charge is -2.37. The van der Waals surface area contributed by atoms with E-state index in [1.165, 1.54) is 23.1 Å². The van der Waals surface area contributed by atoms with E-state index in [9.17, 15) is 14.9 Å². The molecule has 6 rings (SSSR count). The van der Waals surface area contributed by atoms with Gasteiger partial charge in [0.25, 0.3) is 0 Å². The minimum Gasteiger partial charge on any atom is -0.465 e. The molecule has 0 fully saturated rings. The molecule has 1 unspecified atom stereocenters. The van der Waals surface area contributed by atoms with Gasteiger partial charge in [0.05, 0.1) is 23.3 Å². The molecule has 0 saturated carbocycles. The van der Waals surface area contributed by atoms with Crippen molar-refractivity contribution in [1.29, 1.82) is 5.26 Å². The number of hydrogen-bond acceptors (Lipinski definition) is 10. The maximum Gasteiger partial charge on any atom is 0.234 e. The fourth-order valence-corrected chi connectivity index (χ4v) is 6.82. The zero-order valence-electron chi connectivity index (χ0n) is 21.5. The topological polar surface area (TPSA) is 138 Å². The van der Waals surface area contributed by atoms with Crippen molar-refractivity contribution in [2.45, 2.75) is 36.4 Å². The van der Waals surface area contributed by atoms with Crippen LogP contribution in [-0.2, 0) is 9.59 Å². The van der Waals surface area contributed by atoms with E-state index in [2.05, 4.69) is 21.6 Å². The highest BCUT2D eigenvalue weighted by atomic mass is 32.2. The predicted molar refractivity (Wildman–Crippen MR) is 155 cm³/mol. The Morgan fingerprint density at radius 1 is 1.20 bits per heavy atom. The number of nitriles is 1. The molecule has 2 aromatic heterocycles. The lowest BCUT2D eigenvalue weighted by atomic mass is 9.78. The summed E-state index contributed by atoms with van der Waals surface area (Å²) in [7, 11) is 0. The Morgan fingerprint density at radius 3 is 2.80 bits per heavy atom. The van der Waals surface area contributed by atoms with Crippen LogP contribution < -0.4 is 16.0 Å². The van der Waals surface area contributed by atoms with E-state index in [0.717, 1.165) is 16.5 Å². The Labute approximate surface area is 238 Å². The molecule has 0 spiro atoms. The second-order valence-corrected chi connectivity index (χ2v) is 11.7. The van der Waals surface area contributed by atoms with E-state index in [1.54, 1.807) is 11.0 Å². The number of ketones is 1. The molecule has 0 saturated heterocycles. The summed E-state index contributed by atoms with van der Waals surface area (Å²) in [5.41, 5.74) is 8.77. The molecule has 9 nitrogen and oxygen atoms in total. The number of nitrogens with two attached hydrogens (primary N) is 1. The molecule has 200 valence electrons. The normalized spacial score (nSPS) is 17.2. The van der Waals surface area contributed by atoms with Crippen LogP contribution >= 0.6 is 23.1 Å². The van der Waals surface area contributed by atoms with Gasteiger partial charge in [-0.15, -0.1) is 10.2 Å². The Bertz CT molecular complexity index is 1760. The summed E-state index contributed by atoms with van der Waals surface area (Å²) in [6, 6.07) is 19.5. The van der Waals surface area contributed by atoms with Crippen LogP contribution in [0.1, 0.15) is 36.7 Å². The van der Waals surface area contributed by atoms with Gasteiger partial charge in [0.15, 0.2) is 10.1 Å². The summed E-state index contributed by atoms with van der Waals surface area (Å²) >= 11 is 2.52. The van der Waals surface area contributed by atoms with Gasteiger partial charge in [0.2, 0.25) is 11.0 Å². The number of allylic oxidation sites excluding steroid dienone is 3. The minimum atomic E-state index is -0.654. The molecule has 40 heavy (non-hydrogen) atoms. The summed E-state index contributed by atoms with van der Waals surface area (Å²) in [6.07, 6.45) is 1.67. The first kappa shape index (κ1) is 25.9. The van der Waals surface area contributed by atoms with Gasteiger partial charge in [-0.3, -0.25) is 14.5 Å². The Morgan fingerprint density at radius 2 is 2.02 bits per heavy atom. The molecule has 3 N–H and O–H groups in total. The van der Waals surface area contributed by atoms with E-state index in [0.29, 0.717) is 51.5 Å². The number of furan rings is 1. The third-order valence-electron chi connectivity index (χ3n) is 6.91. The van der Waals surface area contributed by atoms with Crippen LogP contribution in [0.4, 0.5) is 10.8 Å². The van der Waals surface area contributed by atoms with Crippen molar-refractivity contribution in [2.75, 3.05) is 16.0 Å². The second-order valence-electron chi connectivity index (χ2n) is 9.51. The Balaban J connectivity index is 1.23. The summed E-state index contributed by atoms with van der Waals surface area (Å²) in [6.45, 7) is 1.82. The number of hydrogen-bond donors (Lipinski definition) is 2. The maximum atomic E-state index is 13.2. The number of nitrogens with zero attached hydrogens (tertiary/aromatic N) is 4. The number of benzene rings is 2. The number of aromatic nitrogens is 2. The Hall–Kier alpha value is -4.40. The van der Waals surface area contributed by atoms with Crippen LogP contribution in [-0.4, -0.2) is 27.6 Å². The van der Waals surface area contributed by atoms with Crippen LogP contribution in [0.25, 0.3) is 10.8 Å². The van der Waals surface area contributed by atoms with Gasteiger partial charge >= 0.3 is 0 Å². The number of aryl methyl sites for hydroxylation is 1. The molecule has 2 aliphatic rings. The number of carbonyl (C=O) groups excluding carboxylic acids is 2. The molecule has 11 heteroatoms. The smallest absolute Gasteiger partial charge is 0.234 e. The molecule has 2 aromatic carbocycles. The summed E-state index contributed by atoms with van der Waals surface area (Å²) in [5, 5.41) is 24.2. The number of Topliss-reactive ketones (excluding diaryl/α,β-unsaturated/α-hetero) is 1. The highest BCUT2D eigenvalue weighted by Gasteiger charge is 2.42. The maximum absolute atomic E-state index is 13.2. The van der Waals surface area contributed by atoms with Gasteiger partial charge in [-0.25, -0.2) is 0 Å². The molecular weight excluding hydrogens is 544 g/mol. The fourth-order valence-electron chi connectivity index (χ4n) is 5.14. The van der Waals surface area contributed by atoms with Crippen molar-refractivity contribution in [3.63, 3.8) is 0 Å². The molecule has 1 aliphatic carbocycles. The largest absolute Gasteiger partial charge is 0.465 e. The van der Waals surface area contributed by atoms with E-state index < -0.39 is 5.92 Å². The van der Waals surface area contributed by atoms with E-state index in [1.807, 2.05) is 55.5 Å². The van der Waals surface area contributed by atoms with Crippen molar-refractivity contribution in [3.8, 4) is 6.07 Å². The van der Waals surface area contributed by atoms with Crippen molar-refractivity contribution in [3.05, 3.63) is 88.8 Å². The number of amides is 1. The van der Waals surface area contributed by atoms with Crippen molar-refractivity contribution in [1.82, 2.24) is 10.2 Å². The summed E-state index contributed by atoms with van der Waals surface area (Å²) in [4.78, 5) is 27.5. The zero-order valence-corrected chi connectivity index (χ0v) is 23.1. The van der Waals surface area contributed by atoms with E-state index in [4.69, 9.17) is 10.2 Å². The van der Waals surface area contributed by atoms with Gasteiger partial charge in [0, 0.05) is 23.4 Å². The number of thioether (sulfide) groups is 1.